The summed E-state index contributed by atoms with van der Waals surface area (Å²) in [6.07, 6.45) is -5.74. The second-order valence-corrected chi connectivity index (χ2v) is 6.33. The topological polar surface area (TPSA) is 70.7 Å². The van der Waals surface area contributed by atoms with E-state index in [-0.39, 0.29) is 18.8 Å². The number of alkyl halides is 3. The summed E-state index contributed by atoms with van der Waals surface area (Å²) in [5, 5.41) is 4.61. The minimum Gasteiger partial charge on any atom is -0.442 e. The van der Waals surface area contributed by atoms with E-state index in [1.165, 1.54) is 17.0 Å². The number of amides is 3. The molecule has 0 spiro atoms. The molecule has 3 amide bonds. The highest BCUT2D eigenvalue weighted by atomic mass is 19.4. The van der Waals surface area contributed by atoms with E-state index in [1.54, 1.807) is 12.1 Å². The van der Waals surface area contributed by atoms with Crippen LogP contribution in [0.5, 0.6) is 0 Å². The fraction of sp³-hybridized carbons (Fsp3) is 0.263. The lowest BCUT2D eigenvalue weighted by atomic mass is 10.1. The Bertz CT molecular complexity index is 869. The average Bonchev–Trinajstić information content (AvgIpc) is 3.01. The first-order chi connectivity index (χ1) is 13.2. The molecule has 1 unspecified atom stereocenters. The van der Waals surface area contributed by atoms with E-state index in [2.05, 4.69) is 10.6 Å². The maximum Gasteiger partial charge on any atom is 0.418 e. The number of carbonyl (C=O) groups excluding carboxylic acids is 2. The molecule has 1 saturated heterocycles. The molecule has 2 aromatic carbocycles. The number of nitrogens with one attached hydrogen (secondary N) is 2. The Kier molecular flexibility index (Phi) is 5.43. The third-order valence-corrected chi connectivity index (χ3v) is 4.19. The number of ether oxygens (including phenoxy) is 1. The standard InChI is InChI=1S/C19H18F3N3O3/c1-12-6-8-13(9-7-12)25-11-14(28-18(25)27)10-23-17(26)24-16-5-3-2-4-15(16)19(20,21)22/h2-9,14H,10-11H2,1H3,(H2,23,24,26). The molecular weight excluding hydrogens is 375 g/mol. The number of cyclic esters (lactones) is 1. The molecule has 0 bridgehead atoms. The molecule has 3 rings (SSSR count). The number of hydrogen-bond acceptors (Lipinski definition) is 3. The van der Waals surface area contributed by atoms with E-state index in [9.17, 15) is 22.8 Å². The van der Waals surface area contributed by atoms with E-state index in [1.807, 2.05) is 19.1 Å². The second-order valence-electron chi connectivity index (χ2n) is 6.33. The number of halogens is 3. The predicted molar refractivity (Wildman–Crippen MR) is 97.3 cm³/mol. The highest BCUT2D eigenvalue weighted by molar-refractivity contribution is 5.91. The third kappa shape index (κ3) is 4.54. The van der Waals surface area contributed by atoms with Crippen molar-refractivity contribution >= 4 is 23.5 Å². The van der Waals surface area contributed by atoms with E-state index in [0.29, 0.717) is 5.69 Å². The molecule has 1 heterocycles. The van der Waals surface area contributed by atoms with Gasteiger partial charge in [-0.05, 0) is 31.2 Å². The van der Waals surface area contributed by atoms with Crippen molar-refractivity contribution in [2.75, 3.05) is 23.3 Å². The van der Waals surface area contributed by atoms with E-state index in [4.69, 9.17) is 4.74 Å². The molecule has 1 aliphatic rings. The molecule has 2 N–H and O–H groups in total. The van der Waals surface area contributed by atoms with Crippen LogP contribution >= 0.6 is 0 Å². The molecule has 0 radical (unpaired) electrons. The smallest absolute Gasteiger partial charge is 0.418 e. The van der Waals surface area contributed by atoms with Crippen LogP contribution < -0.4 is 15.5 Å². The Morgan fingerprint density at radius 2 is 1.86 bits per heavy atom. The summed E-state index contributed by atoms with van der Waals surface area (Å²) in [5.74, 6) is 0. The van der Waals surface area contributed by atoms with Gasteiger partial charge in [-0.1, -0.05) is 29.8 Å². The van der Waals surface area contributed by atoms with Crippen LogP contribution in [-0.4, -0.2) is 31.3 Å². The molecule has 1 aliphatic heterocycles. The molecule has 1 fully saturated rings. The van der Waals surface area contributed by atoms with Gasteiger partial charge in [-0.2, -0.15) is 13.2 Å². The molecule has 2 aromatic rings. The van der Waals surface area contributed by atoms with Crippen molar-refractivity contribution in [1.29, 1.82) is 0 Å². The Hall–Kier alpha value is -3.23. The van der Waals surface area contributed by atoms with Gasteiger partial charge < -0.3 is 15.4 Å². The first-order valence-electron chi connectivity index (χ1n) is 8.50. The van der Waals surface area contributed by atoms with Gasteiger partial charge in [0.2, 0.25) is 0 Å². The van der Waals surface area contributed by atoms with Crippen molar-refractivity contribution in [3.63, 3.8) is 0 Å². The number of anilines is 2. The number of benzene rings is 2. The summed E-state index contributed by atoms with van der Waals surface area (Å²) in [4.78, 5) is 25.4. The zero-order valence-corrected chi connectivity index (χ0v) is 14.9. The lowest BCUT2D eigenvalue weighted by Gasteiger charge is -2.15. The molecule has 1 atom stereocenters. The van der Waals surface area contributed by atoms with Crippen LogP contribution in [0.25, 0.3) is 0 Å². The maximum absolute atomic E-state index is 13.0. The molecule has 6 nitrogen and oxygen atoms in total. The number of aryl methyl sites for hydroxylation is 1. The molecule has 0 aliphatic carbocycles. The molecule has 9 heteroatoms. The summed E-state index contributed by atoms with van der Waals surface area (Å²) in [6.45, 7) is 2.11. The summed E-state index contributed by atoms with van der Waals surface area (Å²) < 4.78 is 44.1. The van der Waals surface area contributed by atoms with E-state index < -0.39 is 30.0 Å². The van der Waals surface area contributed by atoms with Crippen molar-refractivity contribution < 1.29 is 27.5 Å². The Morgan fingerprint density at radius 3 is 2.54 bits per heavy atom. The number of para-hydroxylation sites is 1. The van der Waals surface area contributed by atoms with Crippen molar-refractivity contribution in [3.8, 4) is 0 Å². The lowest BCUT2D eigenvalue weighted by molar-refractivity contribution is -0.136. The number of hydrogen-bond donors (Lipinski definition) is 2. The van der Waals surface area contributed by atoms with Crippen LogP contribution in [0.3, 0.4) is 0 Å². The summed E-state index contributed by atoms with van der Waals surface area (Å²) in [7, 11) is 0. The normalized spacial score (nSPS) is 16.6. The van der Waals surface area contributed by atoms with Gasteiger partial charge in [0.15, 0.2) is 0 Å². The van der Waals surface area contributed by atoms with Gasteiger partial charge in [0.1, 0.15) is 6.10 Å². The van der Waals surface area contributed by atoms with Gasteiger partial charge in [0.25, 0.3) is 0 Å². The quantitative estimate of drug-likeness (QED) is 0.820. The average molecular weight is 393 g/mol. The lowest BCUT2D eigenvalue weighted by Crippen LogP contribution is -2.37. The largest absolute Gasteiger partial charge is 0.442 e. The second kappa shape index (κ2) is 7.79. The third-order valence-electron chi connectivity index (χ3n) is 4.19. The Morgan fingerprint density at radius 1 is 1.18 bits per heavy atom. The van der Waals surface area contributed by atoms with Crippen LogP contribution in [-0.2, 0) is 10.9 Å². The monoisotopic (exact) mass is 393 g/mol. The Labute approximate surface area is 159 Å². The number of nitrogens with zero attached hydrogens (tertiary/aromatic N) is 1. The Balaban J connectivity index is 1.56. The highest BCUT2D eigenvalue weighted by Crippen LogP contribution is 2.34. The molecule has 0 saturated carbocycles. The van der Waals surface area contributed by atoms with Crippen LogP contribution in [0.1, 0.15) is 11.1 Å². The van der Waals surface area contributed by atoms with Crippen LogP contribution in [0.4, 0.5) is 34.1 Å². The SMILES string of the molecule is Cc1ccc(N2CC(CNC(=O)Nc3ccccc3C(F)(F)F)OC2=O)cc1. The van der Waals surface area contributed by atoms with Crippen molar-refractivity contribution in [2.24, 2.45) is 0 Å². The predicted octanol–water partition coefficient (Wildman–Crippen LogP) is 4.16. The first kappa shape index (κ1) is 19.5. The summed E-state index contributed by atoms with van der Waals surface area (Å²) in [6, 6.07) is 11.2. The molecule has 28 heavy (non-hydrogen) atoms. The maximum atomic E-state index is 13.0. The minimum atomic E-state index is -4.58. The van der Waals surface area contributed by atoms with Gasteiger partial charge in [-0.15, -0.1) is 0 Å². The van der Waals surface area contributed by atoms with Crippen molar-refractivity contribution in [3.05, 3.63) is 59.7 Å². The van der Waals surface area contributed by atoms with E-state index >= 15 is 0 Å². The summed E-state index contributed by atoms with van der Waals surface area (Å²) >= 11 is 0. The zero-order valence-electron chi connectivity index (χ0n) is 14.9. The minimum absolute atomic E-state index is 0.0336. The highest BCUT2D eigenvalue weighted by Gasteiger charge is 2.34. The number of rotatable bonds is 4. The number of urea groups is 1. The number of carbonyl (C=O) groups is 2. The van der Waals surface area contributed by atoms with Crippen molar-refractivity contribution in [2.45, 2.75) is 19.2 Å². The zero-order chi connectivity index (χ0) is 20.3. The van der Waals surface area contributed by atoms with Gasteiger partial charge in [0.05, 0.1) is 24.3 Å². The fourth-order valence-corrected chi connectivity index (χ4v) is 2.78. The van der Waals surface area contributed by atoms with E-state index in [0.717, 1.165) is 17.7 Å². The van der Waals surface area contributed by atoms with Crippen LogP contribution in [0, 0.1) is 6.92 Å². The molecule has 148 valence electrons. The van der Waals surface area contributed by atoms with Gasteiger partial charge >= 0.3 is 18.3 Å². The van der Waals surface area contributed by atoms with Gasteiger partial charge in [-0.3, -0.25) is 4.90 Å². The molecule has 0 aromatic heterocycles. The van der Waals surface area contributed by atoms with Crippen LogP contribution in [0.2, 0.25) is 0 Å². The van der Waals surface area contributed by atoms with Crippen LogP contribution in [0.15, 0.2) is 48.5 Å². The van der Waals surface area contributed by atoms with Gasteiger partial charge in [0, 0.05) is 5.69 Å². The summed E-state index contributed by atoms with van der Waals surface area (Å²) in [5.41, 5.74) is 0.423. The molecular formula is C19H18F3N3O3. The van der Waals surface area contributed by atoms with Gasteiger partial charge in [-0.25, -0.2) is 9.59 Å². The van der Waals surface area contributed by atoms with Crippen molar-refractivity contribution in [1.82, 2.24) is 5.32 Å². The first-order valence-corrected chi connectivity index (χ1v) is 8.50. The fourth-order valence-electron chi connectivity index (χ4n) is 2.78.